The van der Waals surface area contributed by atoms with Gasteiger partial charge in [0.2, 0.25) is 0 Å². The molecule has 0 aromatic heterocycles. The zero-order valence-electron chi connectivity index (χ0n) is 9.19. The van der Waals surface area contributed by atoms with Crippen LogP contribution >= 0.6 is 39.7 Å². The van der Waals surface area contributed by atoms with Crippen LogP contribution in [0.1, 0.15) is 5.56 Å². The van der Waals surface area contributed by atoms with Gasteiger partial charge in [0.25, 0.3) is 0 Å². The molecule has 5 heteroatoms. The van der Waals surface area contributed by atoms with E-state index in [9.17, 15) is 0 Å². The number of benzene rings is 2. The summed E-state index contributed by atoms with van der Waals surface area (Å²) in [6.07, 6.45) is 0. The SMILES string of the molecule is NC(=S)c1cc(Cl)ccc1Oc1ccc(Br)cc1. The number of hydrogen-bond acceptors (Lipinski definition) is 2. The summed E-state index contributed by atoms with van der Waals surface area (Å²) in [6, 6.07) is 12.7. The second-order valence-electron chi connectivity index (χ2n) is 3.56. The quantitative estimate of drug-likeness (QED) is 0.832. The van der Waals surface area contributed by atoms with Gasteiger partial charge >= 0.3 is 0 Å². The Kier molecular flexibility index (Phi) is 4.22. The van der Waals surface area contributed by atoms with Crippen LogP contribution in [0, 0.1) is 0 Å². The zero-order chi connectivity index (χ0) is 13.1. The van der Waals surface area contributed by atoms with Crippen molar-refractivity contribution in [2.45, 2.75) is 0 Å². The highest BCUT2D eigenvalue weighted by atomic mass is 79.9. The minimum atomic E-state index is 0.254. The fraction of sp³-hybridized carbons (Fsp3) is 0. The number of nitrogens with two attached hydrogens (primary N) is 1. The second kappa shape index (κ2) is 5.69. The van der Waals surface area contributed by atoms with Crippen LogP contribution in [0.15, 0.2) is 46.9 Å². The monoisotopic (exact) mass is 341 g/mol. The third kappa shape index (κ3) is 3.22. The van der Waals surface area contributed by atoms with Gasteiger partial charge in [-0.25, -0.2) is 0 Å². The minimum Gasteiger partial charge on any atom is -0.457 e. The highest BCUT2D eigenvalue weighted by Gasteiger charge is 2.08. The molecule has 0 radical (unpaired) electrons. The maximum Gasteiger partial charge on any atom is 0.137 e. The maximum atomic E-state index is 5.91. The van der Waals surface area contributed by atoms with Gasteiger partial charge in [-0.15, -0.1) is 0 Å². The van der Waals surface area contributed by atoms with Crippen molar-refractivity contribution >= 4 is 44.7 Å². The first-order valence-electron chi connectivity index (χ1n) is 5.09. The first kappa shape index (κ1) is 13.3. The Morgan fingerprint density at radius 3 is 2.44 bits per heavy atom. The first-order chi connectivity index (χ1) is 8.56. The highest BCUT2D eigenvalue weighted by molar-refractivity contribution is 9.10. The van der Waals surface area contributed by atoms with Crippen molar-refractivity contribution in [3.8, 4) is 11.5 Å². The summed E-state index contributed by atoms with van der Waals surface area (Å²) in [7, 11) is 0. The van der Waals surface area contributed by atoms with Crippen LogP contribution in [0.2, 0.25) is 5.02 Å². The number of rotatable bonds is 3. The van der Waals surface area contributed by atoms with E-state index in [4.69, 9.17) is 34.3 Å². The molecule has 0 aliphatic carbocycles. The average molecular weight is 343 g/mol. The summed E-state index contributed by atoms with van der Waals surface area (Å²) in [5.41, 5.74) is 6.27. The van der Waals surface area contributed by atoms with Gasteiger partial charge < -0.3 is 10.5 Å². The van der Waals surface area contributed by atoms with Crippen molar-refractivity contribution in [1.82, 2.24) is 0 Å². The zero-order valence-corrected chi connectivity index (χ0v) is 12.3. The average Bonchev–Trinajstić information content (AvgIpc) is 2.34. The molecule has 2 rings (SSSR count). The Bertz CT molecular complexity index is 586. The standard InChI is InChI=1S/C13H9BrClNOS/c14-8-1-4-10(5-2-8)17-12-6-3-9(15)7-11(12)13(16)18/h1-7H,(H2,16,18). The molecular weight excluding hydrogens is 334 g/mol. The van der Waals surface area contributed by atoms with Crippen molar-refractivity contribution in [1.29, 1.82) is 0 Å². The predicted molar refractivity (Wildman–Crippen MR) is 81.6 cm³/mol. The molecule has 0 saturated heterocycles. The van der Waals surface area contributed by atoms with Crippen molar-refractivity contribution in [3.05, 3.63) is 57.5 Å². The lowest BCUT2D eigenvalue weighted by Gasteiger charge is -2.10. The van der Waals surface area contributed by atoms with E-state index in [1.54, 1.807) is 18.2 Å². The summed E-state index contributed by atoms with van der Waals surface area (Å²) >= 11 is 14.2. The molecule has 2 aromatic carbocycles. The lowest BCUT2D eigenvalue weighted by molar-refractivity contribution is 0.481. The maximum absolute atomic E-state index is 5.91. The summed E-state index contributed by atoms with van der Waals surface area (Å²) < 4.78 is 6.72. The molecule has 0 aliphatic rings. The van der Waals surface area contributed by atoms with Crippen LogP contribution in [0.3, 0.4) is 0 Å². The lowest BCUT2D eigenvalue weighted by Crippen LogP contribution is -2.10. The van der Waals surface area contributed by atoms with E-state index in [0.717, 1.165) is 4.47 Å². The summed E-state index contributed by atoms with van der Waals surface area (Å²) in [4.78, 5) is 0.254. The van der Waals surface area contributed by atoms with E-state index < -0.39 is 0 Å². The van der Waals surface area contributed by atoms with E-state index in [1.165, 1.54) is 0 Å². The smallest absolute Gasteiger partial charge is 0.137 e. The predicted octanol–water partition coefficient (Wildman–Crippen LogP) is 4.53. The fourth-order valence-electron chi connectivity index (χ4n) is 1.41. The van der Waals surface area contributed by atoms with Gasteiger partial charge in [-0.3, -0.25) is 0 Å². The van der Waals surface area contributed by atoms with E-state index in [0.29, 0.717) is 22.1 Å². The molecular formula is C13H9BrClNOS. The van der Waals surface area contributed by atoms with E-state index >= 15 is 0 Å². The summed E-state index contributed by atoms with van der Waals surface area (Å²) in [5, 5.41) is 0.570. The minimum absolute atomic E-state index is 0.254. The van der Waals surface area contributed by atoms with Gasteiger partial charge in [0, 0.05) is 9.50 Å². The van der Waals surface area contributed by atoms with Crippen molar-refractivity contribution < 1.29 is 4.74 Å². The van der Waals surface area contributed by atoms with Crippen LogP contribution in [0.25, 0.3) is 0 Å². The molecule has 2 aromatic rings. The van der Waals surface area contributed by atoms with Gasteiger partial charge in [0.15, 0.2) is 0 Å². The molecule has 0 atom stereocenters. The normalized spacial score (nSPS) is 10.1. The third-order valence-corrected chi connectivity index (χ3v) is 3.23. The number of ether oxygens (including phenoxy) is 1. The van der Waals surface area contributed by atoms with E-state index in [1.807, 2.05) is 24.3 Å². The molecule has 0 unspecified atom stereocenters. The topological polar surface area (TPSA) is 35.2 Å². The molecule has 18 heavy (non-hydrogen) atoms. The summed E-state index contributed by atoms with van der Waals surface area (Å²) in [5.74, 6) is 1.30. The molecule has 0 amide bonds. The number of thiocarbonyl (C=S) groups is 1. The van der Waals surface area contributed by atoms with Gasteiger partial charge in [-0.2, -0.15) is 0 Å². The Labute approximate surface area is 124 Å². The Morgan fingerprint density at radius 1 is 1.17 bits per heavy atom. The van der Waals surface area contributed by atoms with Gasteiger partial charge in [-0.05, 0) is 42.5 Å². The Morgan fingerprint density at radius 2 is 1.83 bits per heavy atom. The fourth-order valence-corrected chi connectivity index (χ4v) is 2.01. The van der Waals surface area contributed by atoms with Crippen molar-refractivity contribution in [3.63, 3.8) is 0 Å². The van der Waals surface area contributed by atoms with Gasteiger partial charge in [0.05, 0.1) is 5.56 Å². The number of halogens is 2. The van der Waals surface area contributed by atoms with Gasteiger partial charge in [0.1, 0.15) is 16.5 Å². The van der Waals surface area contributed by atoms with Gasteiger partial charge in [-0.1, -0.05) is 39.7 Å². The molecule has 0 saturated carbocycles. The second-order valence-corrected chi connectivity index (χ2v) is 5.35. The molecule has 0 aliphatic heterocycles. The third-order valence-electron chi connectivity index (χ3n) is 2.25. The van der Waals surface area contributed by atoms with Crippen LogP contribution in [-0.2, 0) is 0 Å². The largest absolute Gasteiger partial charge is 0.457 e. The molecule has 2 N–H and O–H groups in total. The lowest BCUT2D eigenvalue weighted by atomic mass is 10.2. The summed E-state index contributed by atoms with van der Waals surface area (Å²) in [6.45, 7) is 0. The van der Waals surface area contributed by atoms with Crippen molar-refractivity contribution in [2.24, 2.45) is 5.73 Å². The molecule has 0 bridgehead atoms. The molecule has 0 heterocycles. The first-order valence-corrected chi connectivity index (χ1v) is 6.67. The molecule has 0 fully saturated rings. The molecule has 0 spiro atoms. The number of hydrogen-bond donors (Lipinski definition) is 1. The Balaban J connectivity index is 2.34. The highest BCUT2D eigenvalue weighted by Crippen LogP contribution is 2.28. The van der Waals surface area contributed by atoms with Crippen LogP contribution in [0.5, 0.6) is 11.5 Å². The molecule has 2 nitrogen and oxygen atoms in total. The molecule has 92 valence electrons. The van der Waals surface area contributed by atoms with Crippen molar-refractivity contribution in [2.75, 3.05) is 0 Å². The van der Waals surface area contributed by atoms with Crippen LogP contribution in [0.4, 0.5) is 0 Å². The Hall–Kier alpha value is -1.10. The van der Waals surface area contributed by atoms with Crippen LogP contribution < -0.4 is 10.5 Å². The van der Waals surface area contributed by atoms with E-state index in [-0.39, 0.29) is 4.99 Å². The van der Waals surface area contributed by atoms with Crippen LogP contribution in [-0.4, -0.2) is 4.99 Å². The van der Waals surface area contributed by atoms with E-state index in [2.05, 4.69) is 15.9 Å².